The summed E-state index contributed by atoms with van der Waals surface area (Å²) in [6.45, 7) is 0. The molecule has 1 aromatic carbocycles. The number of rotatable bonds is 1. The number of carbonyl (C=O) groups is 2. The molecule has 3 heterocycles. The van der Waals surface area contributed by atoms with Gasteiger partial charge >= 0.3 is 0 Å². The third-order valence-corrected chi connectivity index (χ3v) is 3.96. The first kappa shape index (κ1) is 12.1. The van der Waals surface area contributed by atoms with Crippen molar-refractivity contribution in [1.29, 1.82) is 0 Å². The van der Waals surface area contributed by atoms with Crippen molar-refractivity contribution in [3.63, 3.8) is 0 Å². The molecule has 1 unspecified atom stereocenters. The molecule has 1 atom stereocenters. The lowest BCUT2D eigenvalue weighted by Gasteiger charge is -2.20. The number of hydrogen-bond acceptors (Lipinski definition) is 4. The van der Waals surface area contributed by atoms with Crippen LogP contribution in [0.5, 0.6) is 0 Å². The van der Waals surface area contributed by atoms with Gasteiger partial charge in [0.05, 0.1) is 17.7 Å². The third kappa shape index (κ3) is 1.81. The van der Waals surface area contributed by atoms with E-state index in [-0.39, 0.29) is 17.7 Å². The standard InChI is InChI=1S/C16H12N2O3/c19-14-6-3-9(16(20)18-14)11-8-21-13-5-4-12-10(15(11)13)2-1-7-17-12/h1-2,4-5,7-9H,3,6H2,(H,18,19,20). The lowest BCUT2D eigenvalue weighted by molar-refractivity contribution is -0.134. The third-order valence-electron chi connectivity index (χ3n) is 3.96. The Hall–Kier alpha value is -2.69. The van der Waals surface area contributed by atoms with E-state index in [9.17, 15) is 9.59 Å². The molecule has 3 aromatic rings. The van der Waals surface area contributed by atoms with Crippen molar-refractivity contribution in [3.8, 4) is 0 Å². The highest BCUT2D eigenvalue weighted by Crippen LogP contribution is 2.36. The van der Waals surface area contributed by atoms with Crippen LogP contribution in [0.4, 0.5) is 0 Å². The molecule has 1 aliphatic heterocycles. The Morgan fingerprint density at radius 2 is 2.14 bits per heavy atom. The molecular formula is C16H12N2O3. The molecule has 0 aliphatic carbocycles. The summed E-state index contributed by atoms with van der Waals surface area (Å²) in [4.78, 5) is 27.7. The SMILES string of the molecule is O=C1CCC(c2coc3ccc4ncccc4c23)C(=O)N1. The number of benzene rings is 1. The van der Waals surface area contributed by atoms with Crippen LogP contribution in [-0.4, -0.2) is 16.8 Å². The zero-order valence-corrected chi connectivity index (χ0v) is 11.1. The smallest absolute Gasteiger partial charge is 0.234 e. The topological polar surface area (TPSA) is 72.2 Å². The van der Waals surface area contributed by atoms with E-state index in [0.29, 0.717) is 12.8 Å². The average Bonchev–Trinajstić information content (AvgIpc) is 2.91. The van der Waals surface area contributed by atoms with Crippen LogP contribution < -0.4 is 5.32 Å². The number of aromatic nitrogens is 1. The number of nitrogens with zero attached hydrogens (tertiary/aromatic N) is 1. The molecule has 2 aromatic heterocycles. The first-order chi connectivity index (χ1) is 10.2. The van der Waals surface area contributed by atoms with Gasteiger partial charge in [0.15, 0.2) is 0 Å². The quantitative estimate of drug-likeness (QED) is 0.695. The van der Waals surface area contributed by atoms with Gasteiger partial charge in [-0.25, -0.2) is 0 Å². The van der Waals surface area contributed by atoms with Gasteiger partial charge < -0.3 is 4.42 Å². The maximum absolute atomic E-state index is 12.1. The van der Waals surface area contributed by atoms with E-state index in [2.05, 4.69) is 10.3 Å². The normalized spacial score (nSPS) is 19.1. The number of nitrogens with one attached hydrogen (secondary N) is 1. The van der Waals surface area contributed by atoms with Crippen LogP contribution >= 0.6 is 0 Å². The van der Waals surface area contributed by atoms with E-state index in [4.69, 9.17) is 4.42 Å². The Kier molecular flexibility index (Phi) is 2.54. The Morgan fingerprint density at radius 1 is 1.24 bits per heavy atom. The second kappa shape index (κ2) is 4.41. The zero-order chi connectivity index (χ0) is 14.4. The number of fused-ring (bicyclic) bond motifs is 3. The van der Waals surface area contributed by atoms with Crippen molar-refractivity contribution in [3.05, 3.63) is 42.3 Å². The number of carbonyl (C=O) groups excluding carboxylic acids is 2. The van der Waals surface area contributed by atoms with Gasteiger partial charge in [-0.2, -0.15) is 0 Å². The summed E-state index contributed by atoms with van der Waals surface area (Å²) in [5.41, 5.74) is 2.42. The first-order valence-electron chi connectivity index (χ1n) is 6.82. The van der Waals surface area contributed by atoms with Crippen LogP contribution in [0.1, 0.15) is 24.3 Å². The number of piperidine rings is 1. The lowest BCUT2D eigenvalue weighted by atomic mass is 9.89. The number of furan rings is 1. The van der Waals surface area contributed by atoms with Gasteiger partial charge in [0.2, 0.25) is 11.8 Å². The fraction of sp³-hybridized carbons (Fsp3) is 0.188. The van der Waals surface area contributed by atoms with Gasteiger partial charge in [-0.1, -0.05) is 6.07 Å². The van der Waals surface area contributed by atoms with Crippen molar-refractivity contribution in [2.24, 2.45) is 0 Å². The summed E-state index contributed by atoms with van der Waals surface area (Å²) in [6.07, 6.45) is 4.22. The highest BCUT2D eigenvalue weighted by atomic mass is 16.3. The number of imide groups is 1. The fourth-order valence-corrected chi connectivity index (χ4v) is 2.96. The minimum atomic E-state index is -0.352. The molecule has 1 saturated heterocycles. The van der Waals surface area contributed by atoms with E-state index in [1.165, 1.54) is 0 Å². The van der Waals surface area contributed by atoms with Crippen molar-refractivity contribution in [1.82, 2.24) is 10.3 Å². The molecule has 2 amide bonds. The van der Waals surface area contributed by atoms with Gasteiger partial charge in [-0.15, -0.1) is 0 Å². The largest absolute Gasteiger partial charge is 0.464 e. The molecular weight excluding hydrogens is 268 g/mol. The summed E-state index contributed by atoms with van der Waals surface area (Å²) in [5, 5.41) is 4.27. The molecule has 5 heteroatoms. The average molecular weight is 280 g/mol. The lowest BCUT2D eigenvalue weighted by Crippen LogP contribution is -2.39. The molecule has 1 N–H and O–H groups in total. The van der Waals surface area contributed by atoms with Crippen LogP contribution in [0, 0.1) is 0 Å². The van der Waals surface area contributed by atoms with Crippen molar-refractivity contribution in [2.75, 3.05) is 0 Å². The van der Waals surface area contributed by atoms with E-state index < -0.39 is 0 Å². The summed E-state index contributed by atoms with van der Waals surface area (Å²) < 4.78 is 5.59. The molecule has 104 valence electrons. The summed E-state index contributed by atoms with van der Waals surface area (Å²) >= 11 is 0. The molecule has 4 rings (SSSR count). The zero-order valence-electron chi connectivity index (χ0n) is 11.1. The Balaban J connectivity index is 1.95. The molecule has 0 bridgehead atoms. The van der Waals surface area contributed by atoms with Gasteiger partial charge in [0.25, 0.3) is 0 Å². The van der Waals surface area contributed by atoms with Crippen LogP contribution in [0.15, 0.2) is 41.1 Å². The summed E-state index contributed by atoms with van der Waals surface area (Å²) in [7, 11) is 0. The van der Waals surface area contributed by atoms with Gasteiger partial charge in [0.1, 0.15) is 5.58 Å². The van der Waals surface area contributed by atoms with Crippen LogP contribution in [0.25, 0.3) is 21.9 Å². The second-order valence-corrected chi connectivity index (χ2v) is 5.20. The predicted octanol–water partition coefficient (Wildman–Crippen LogP) is 2.50. The molecule has 1 fully saturated rings. The van der Waals surface area contributed by atoms with E-state index in [1.807, 2.05) is 24.3 Å². The van der Waals surface area contributed by atoms with Gasteiger partial charge in [0, 0.05) is 29.0 Å². The maximum Gasteiger partial charge on any atom is 0.234 e. The van der Waals surface area contributed by atoms with Crippen LogP contribution in [0.2, 0.25) is 0 Å². The highest BCUT2D eigenvalue weighted by Gasteiger charge is 2.30. The maximum atomic E-state index is 12.1. The molecule has 5 nitrogen and oxygen atoms in total. The predicted molar refractivity (Wildman–Crippen MR) is 76.6 cm³/mol. The van der Waals surface area contributed by atoms with E-state index in [0.717, 1.165) is 27.4 Å². The molecule has 0 radical (unpaired) electrons. The minimum Gasteiger partial charge on any atom is -0.464 e. The van der Waals surface area contributed by atoms with Gasteiger partial charge in [-0.3, -0.25) is 19.9 Å². The fourth-order valence-electron chi connectivity index (χ4n) is 2.96. The van der Waals surface area contributed by atoms with Crippen LogP contribution in [0.3, 0.4) is 0 Å². The second-order valence-electron chi connectivity index (χ2n) is 5.20. The Morgan fingerprint density at radius 3 is 3.00 bits per heavy atom. The number of hydrogen-bond donors (Lipinski definition) is 1. The Bertz CT molecular complexity index is 881. The highest BCUT2D eigenvalue weighted by molar-refractivity contribution is 6.09. The molecule has 21 heavy (non-hydrogen) atoms. The molecule has 1 aliphatic rings. The van der Waals surface area contributed by atoms with Gasteiger partial charge in [-0.05, 0) is 24.6 Å². The first-order valence-corrected chi connectivity index (χ1v) is 6.82. The molecule has 0 saturated carbocycles. The summed E-state index contributed by atoms with van der Waals surface area (Å²) in [5.74, 6) is -0.819. The van der Waals surface area contributed by atoms with Crippen LogP contribution in [-0.2, 0) is 9.59 Å². The molecule has 0 spiro atoms. The minimum absolute atomic E-state index is 0.212. The van der Waals surface area contributed by atoms with Crippen molar-refractivity contribution in [2.45, 2.75) is 18.8 Å². The summed E-state index contributed by atoms with van der Waals surface area (Å²) in [6, 6.07) is 7.59. The monoisotopic (exact) mass is 280 g/mol. The van der Waals surface area contributed by atoms with Crippen molar-refractivity contribution >= 4 is 33.7 Å². The van der Waals surface area contributed by atoms with Crippen molar-refractivity contribution < 1.29 is 14.0 Å². The Labute approximate surface area is 120 Å². The number of pyridine rings is 1. The van der Waals surface area contributed by atoms with E-state index in [1.54, 1.807) is 12.5 Å². The number of amides is 2. The van der Waals surface area contributed by atoms with E-state index >= 15 is 0 Å².